The summed E-state index contributed by atoms with van der Waals surface area (Å²) < 4.78 is 13.4. The van der Waals surface area contributed by atoms with Crippen LogP contribution in [0.4, 0.5) is 20.6 Å². The van der Waals surface area contributed by atoms with Gasteiger partial charge < -0.3 is 16.0 Å². The lowest BCUT2D eigenvalue weighted by Gasteiger charge is -2.10. The number of thioether (sulfide) groups is 1. The minimum atomic E-state index is -0.548. The van der Waals surface area contributed by atoms with Gasteiger partial charge in [0, 0.05) is 19.2 Å². The van der Waals surface area contributed by atoms with Gasteiger partial charge in [-0.3, -0.25) is 4.79 Å². The van der Waals surface area contributed by atoms with E-state index in [1.807, 2.05) is 11.8 Å². The smallest absolute Gasteiger partial charge is 0.319 e. The maximum atomic E-state index is 13.4. The lowest BCUT2D eigenvalue weighted by atomic mass is 10.2. The van der Waals surface area contributed by atoms with Gasteiger partial charge in [0.05, 0.1) is 5.69 Å². The number of amides is 3. The maximum Gasteiger partial charge on any atom is 0.319 e. The Balaban J connectivity index is 2.46. The predicted molar refractivity (Wildman–Crippen MR) is 85.3 cm³/mol. The number of hydrogen-bond acceptors (Lipinski definition) is 3. The zero-order valence-electron chi connectivity index (χ0n) is 12.2. The molecule has 3 amide bonds. The van der Waals surface area contributed by atoms with Crippen molar-refractivity contribution in [3.8, 4) is 0 Å². The molecule has 116 valence electrons. The molecule has 0 aliphatic carbocycles. The molecular weight excluding hydrogens is 293 g/mol. The Morgan fingerprint density at radius 3 is 2.71 bits per heavy atom. The summed E-state index contributed by atoms with van der Waals surface area (Å²) in [4.78, 5) is 22.6. The van der Waals surface area contributed by atoms with Gasteiger partial charge in [0.1, 0.15) is 5.82 Å². The summed E-state index contributed by atoms with van der Waals surface area (Å²) in [6.45, 7) is 3.96. The van der Waals surface area contributed by atoms with Crippen LogP contribution in [0.25, 0.3) is 0 Å². The second-order valence-corrected chi connectivity index (χ2v) is 5.70. The van der Waals surface area contributed by atoms with E-state index in [9.17, 15) is 14.0 Å². The second kappa shape index (κ2) is 9.23. The number of carbonyl (C=O) groups is 2. The highest BCUT2D eigenvalue weighted by molar-refractivity contribution is 7.99. The summed E-state index contributed by atoms with van der Waals surface area (Å²) in [6.07, 6.45) is 0.895. The fraction of sp³-hybridized carbons (Fsp3) is 0.429. The van der Waals surface area contributed by atoms with Crippen molar-refractivity contribution in [1.82, 2.24) is 5.32 Å². The standard InChI is InChI=1S/C14H20FN3O2S/c1-3-21-8-4-7-16-14(20)18-11-5-6-12(15)13(9-11)17-10(2)19/h5-6,9H,3-4,7-8H2,1-2H3,(H,17,19)(H2,16,18,20). The highest BCUT2D eigenvalue weighted by atomic mass is 32.2. The van der Waals surface area contributed by atoms with Crippen molar-refractivity contribution in [1.29, 1.82) is 0 Å². The molecule has 21 heavy (non-hydrogen) atoms. The predicted octanol–water partition coefficient (Wildman–Crippen LogP) is 3.05. The zero-order chi connectivity index (χ0) is 15.7. The lowest BCUT2D eigenvalue weighted by molar-refractivity contribution is -0.114. The first-order valence-corrected chi connectivity index (χ1v) is 7.88. The first-order chi connectivity index (χ1) is 10.0. The van der Waals surface area contributed by atoms with Gasteiger partial charge in [-0.15, -0.1) is 0 Å². The quantitative estimate of drug-likeness (QED) is 0.678. The van der Waals surface area contributed by atoms with Crippen LogP contribution in [0.1, 0.15) is 20.3 Å². The van der Waals surface area contributed by atoms with Crippen LogP contribution in [0.3, 0.4) is 0 Å². The first-order valence-electron chi connectivity index (χ1n) is 6.72. The lowest BCUT2D eigenvalue weighted by Crippen LogP contribution is -2.29. The molecule has 1 aromatic rings. The minimum Gasteiger partial charge on any atom is -0.338 e. The summed E-state index contributed by atoms with van der Waals surface area (Å²) in [5.74, 6) is 1.14. The van der Waals surface area contributed by atoms with Crippen molar-refractivity contribution in [3.05, 3.63) is 24.0 Å². The largest absolute Gasteiger partial charge is 0.338 e. The molecule has 0 aliphatic rings. The Morgan fingerprint density at radius 1 is 1.29 bits per heavy atom. The fourth-order valence-electron chi connectivity index (χ4n) is 1.58. The monoisotopic (exact) mass is 313 g/mol. The van der Waals surface area contributed by atoms with Crippen LogP contribution in [-0.4, -0.2) is 30.0 Å². The number of urea groups is 1. The van der Waals surface area contributed by atoms with Crippen molar-refractivity contribution in [2.75, 3.05) is 28.7 Å². The van der Waals surface area contributed by atoms with Crippen LogP contribution in [0.15, 0.2) is 18.2 Å². The van der Waals surface area contributed by atoms with Crippen LogP contribution in [0.5, 0.6) is 0 Å². The van der Waals surface area contributed by atoms with Gasteiger partial charge in [0.15, 0.2) is 0 Å². The average molecular weight is 313 g/mol. The van der Waals surface area contributed by atoms with Gasteiger partial charge in [0.25, 0.3) is 0 Å². The molecule has 0 bridgehead atoms. The maximum absolute atomic E-state index is 13.4. The molecule has 7 heteroatoms. The van der Waals surface area contributed by atoms with Gasteiger partial charge in [0.2, 0.25) is 5.91 Å². The Morgan fingerprint density at radius 2 is 2.05 bits per heavy atom. The van der Waals surface area contributed by atoms with E-state index in [4.69, 9.17) is 0 Å². The number of benzene rings is 1. The number of carbonyl (C=O) groups excluding carboxylic acids is 2. The van der Waals surface area contributed by atoms with E-state index in [0.717, 1.165) is 17.9 Å². The van der Waals surface area contributed by atoms with E-state index >= 15 is 0 Å². The molecule has 0 fully saturated rings. The molecule has 0 heterocycles. The van der Waals surface area contributed by atoms with Crippen LogP contribution in [0.2, 0.25) is 0 Å². The summed E-state index contributed by atoms with van der Waals surface area (Å²) in [5.41, 5.74) is 0.459. The molecule has 0 spiro atoms. The highest BCUT2D eigenvalue weighted by Gasteiger charge is 2.07. The van der Waals surface area contributed by atoms with Crippen molar-refractivity contribution < 1.29 is 14.0 Å². The van der Waals surface area contributed by atoms with Crippen molar-refractivity contribution in [2.45, 2.75) is 20.3 Å². The number of anilines is 2. The Bertz CT molecular complexity index is 497. The summed E-state index contributed by atoms with van der Waals surface area (Å²) in [6, 6.07) is 3.66. The van der Waals surface area contributed by atoms with Crippen molar-refractivity contribution >= 4 is 35.1 Å². The first kappa shape index (κ1) is 17.3. The molecule has 0 atom stereocenters. The van der Waals surface area contributed by atoms with Crippen LogP contribution >= 0.6 is 11.8 Å². The van der Waals surface area contributed by atoms with Gasteiger partial charge >= 0.3 is 6.03 Å². The van der Waals surface area contributed by atoms with Crippen molar-refractivity contribution in [3.63, 3.8) is 0 Å². The number of halogens is 1. The molecule has 0 saturated carbocycles. The van der Waals surface area contributed by atoms with Gasteiger partial charge in [-0.2, -0.15) is 11.8 Å². The molecule has 5 nitrogen and oxygen atoms in total. The van der Waals surface area contributed by atoms with E-state index in [0.29, 0.717) is 12.2 Å². The van der Waals surface area contributed by atoms with Crippen LogP contribution in [-0.2, 0) is 4.79 Å². The molecule has 1 rings (SSSR count). The SMILES string of the molecule is CCSCCCNC(=O)Nc1ccc(F)c(NC(C)=O)c1. The third kappa shape index (κ3) is 6.99. The minimum absolute atomic E-state index is 0.0413. The number of rotatable bonds is 7. The third-order valence-corrected chi connectivity index (χ3v) is 3.48. The normalized spacial score (nSPS) is 10.0. The summed E-state index contributed by atoms with van der Waals surface area (Å²) in [5, 5.41) is 7.68. The fourth-order valence-corrected chi connectivity index (χ4v) is 2.22. The second-order valence-electron chi connectivity index (χ2n) is 4.31. The van der Waals surface area contributed by atoms with Crippen molar-refractivity contribution in [2.24, 2.45) is 0 Å². The molecule has 1 aromatic carbocycles. The topological polar surface area (TPSA) is 70.2 Å². The molecule has 0 unspecified atom stereocenters. The highest BCUT2D eigenvalue weighted by Crippen LogP contribution is 2.19. The summed E-state index contributed by atoms with van der Waals surface area (Å²) >= 11 is 1.82. The number of nitrogens with one attached hydrogen (secondary N) is 3. The molecule has 0 saturated heterocycles. The molecular formula is C14H20FN3O2S. The van der Waals surface area contributed by atoms with E-state index in [1.165, 1.54) is 25.1 Å². The zero-order valence-corrected chi connectivity index (χ0v) is 13.0. The van der Waals surface area contributed by atoms with Gasteiger partial charge in [-0.05, 0) is 36.1 Å². The number of hydrogen-bond donors (Lipinski definition) is 3. The molecule has 3 N–H and O–H groups in total. The van der Waals surface area contributed by atoms with Crippen LogP contribution in [0, 0.1) is 5.82 Å². The Labute approximate surface area is 128 Å². The van der Waals surface area contributed by atoms with Gasteiger partial charge in [-0.1, -0.05) is 6.92 Å². The summed E-state index contributed by atoms with van der Waals surface area (Å²) in [7, 11) is 0. The van der Waals surface area contributed by atoms with Crippen LogP contribution < -0.4 is 16.0 Å². The Hall–Kier alpha value is -1.76. The Kier molecular flexibility index (Phi) is 7.60. The van der Waals surface area contributed by atoms with E-state index in [-0.39, 0.29) is 17.6 Å². The van der Waals surface area contributed by atoms with E-state index < -0.39 is 5.82 Å². The molecule has 0 aliphatic heterocycles. The molecule has 0 aromatic heterocycles. The third-order valence-electron chi connectivity index (χ3n) is 2.49. The van der Waals surface area contributed by atoms with E-state index in [2.05, 4.69) is 22.9 Å². The average Bonchev–Trinajstić information content (AvgIpc) is 2.42. The van der Waals surface area contributed by atoms with E-state index in [1.54, 1.807) is 0 Å². The van der Waals surface area contributed by atoms with Gasteiger partial charge in [-0.25, -0.2) is 9.18 Å². The molecule has 0 radical (unpaired) electrons.